The molecule has 0 spiro atoms. The first-order valence-corrected chi connectivity index (χ1v) is 6.91. The molecule has 6 heteroatoms. The molecule has 1 aliphatic heterocycles. The van der Waals surface area contributed by atoms with Crippen molar-refractivity contribution >= 4 is 17.6 Å². The fourth-order valence-electron chi connectivity index (χ4n) is 2.00. The molecule has 1 aromatic carbocycles. The number of thioether (sulfide) groups is 1. The zero-order chi connectivity index (χ0) is 13.4. The number of hydrogen-bond donors (Lipinski definition) is 1. The minimum atomic E-state index is -0.407. The summed E-state index contributed by atoms with van der Waals surface area (Å²) in [5.74, 6) is 2.48. The molecule has 3 rings (SSSR count). The van der Waals surface area contributed by atoms with Crippen molar-refractivity contribution in [3.8, 4) is 17.1 Å². The third-order valence-electron chi connectivity index (χ3n) is 3.02. The molecule has 0 saturated carbocycles. The lowest BCUT2D eigenvalue weighted by atomic mass is 10.1. The van der Waals surface area contributed by atoms with Crippen molar-refractivity contribution in [1.82, 2.24) is 9.97 Å². The molecule has 98 valence electrons. The molecule has 0 atom stereocenters. The minimum Gasteiger partial charge on any atom is -0.494 e. The van der Waals surface area contributed by atoms with Gasteiger partial charge < -0.3 is 10.5 Å². The second-order valence-corrected chi connectivity index (χ2v) is 5.19. The van der Waals surface area contributed by atoms with E-state index in [1.54, 1.807) is 23.9 Å². The molecule has 0 fully saturated rings. The summed E-state index contributed by atoms with van der Waals surface area (Å²) in [4.78, 5) is 8.79. The fraction of sp³-hybridized carbons (Fsp3) is 0.231. The van der Waals surface area contributed by atoms with Gasteiger partial charge in [-0.2, -0.15) is 11.8 Å². The largest absolute Gasteiger partial charge is 0.494 e. The van der Waals surface area contributed by atoms with Crippen molar-refractivity contribution in [1.29, 1.82) is 0 Å². The lowest BCUT2D eigenvalue weighted by Gasteiger charge is -2.08. The number of ether oxygens (including phenoxy) is 1. The normalized spacial score (nSPS) is 13.4. The van der Waals surface area contributed by atoms with E-state index < -0.39 is 5.82 Å². The Hall–Kier alpha value is -1.82. The van der Waals surface area contributed by atoms with E-state index in [0.29, 0.717) is 17.2 Å². The van der Waals surface area contributed by atoms with Crippen molar-refractivity contribution in [2.45, 2.75) is 11.5 Å². The summed E-state index contributed by atoms with van der Waals surface area (Å²) < 4.78 is 18.4. The number of rotatable bonds is 2. The van der Waals surface area contributed by atoms with Gasteiger partial charge in [0.2, 0.25) is 0 Å². The summed E-state index contributed by atoms with van der Waals surface area (Å²) >= 11 is 1.76. The first-order chi connectivity index (χ1) is 9.19. The van der Waals surface area contributed by atoms with Crippen LogP contribution in [0.5, 0.6) is 5.75 Å². The Balaban J connectivity index is 2.10. The molecule has 19 heavy (non-hydrogen) atoms. The maximum absolute atomic E-state index is 13.4. The number of aromatic nitrogens is 2. The van der Waals surface area contributed by atoms with Gasteiger partial charge in [-0.15, -0.1) is 0 Å². The second kappa shape index (κ2) is 4.70. The highest BCUT2D eigenvalue weighted by Gasteiger charge is 2.19. The van der Waals surface area contributed by atoms with Crippen molar-refractivity contribution < 1.29 is 9.13 Å². The molecular weight excluding hydrogens is 265 g/mol. The van der Waals surface area contributed by atoms with E-state index in [1.807, 2.05) is 0 Å². The first kappa shape index (κ1) is 12.2. The van der Waals surface area contributed by atoms with Crippen LogP contribution in [0.1, 0.15) is 11.3 Å². The number of nitrogens with zero attached hydrogens (tertiary/aromatic N) is 2. The Bertz CT molecular complexity index is 648. The summed E-state index contributed by atoms with van der Waals surface area (Å²) in [6, 6.07) is 4.55. The lowest BCUT2D eigenvalue weighted by Crippen LogP contribution is -2.03. The molecule has 0 amide bonds. The number of anilines is 1. The van der Waals surface area contributed by atoms with Gasteiger partial charge in [0.15, 0.2) is 17.4 Å². The molecular formula is C13H12FN3OS. The van der Waals surface area contributed by atoms with Gasteiger partial charge in [0, 0.05) is 22.6 Å². The zero-order valence-corrected chi connectivity index (χ0v) is 11.1. The number of hydrogen-bond acceptors (Lipinski definition) is 5. The monoisotopic (exact) mass is 277 g/mol. The Kier molecular flexibility index (Phi) is 3.02. The van der Waals surface area contributed by atoms with Crippen molar-refractivity contribution in [3.05, 3.63) is 35.3 Å². The van der Waals surface area contributed by atoms with Crippen molar-refractivity contribution in [2.75, 3.05) is 12.8 Å². The molecule has 1 aliphatic rings. The molecule has 0 unspecified atom stereocenters. The summed E-state index contributed by atoms with van der Waals surface area (Å²) in [5.41, 5.74) is 8.62. The van der Waals surface area contributed by atoms with Crippen molar-refractivity contribution in [3.63, 3.8) is 0 Å². The van der Waals surface area contributed by atoms with Gasteiger partial charge in [-0.1, -0.05) is 0 Å². The maximum atomic E-state index is 13.4. The number of methoxy groups -OCH3 is 1. The molecule has 1 aromatic heterocycles. The second-order valence-electron chi connectivity index (χ2n) is 4.20. The van der Waals surface area contributed by atoms with Gasteiger partial charge in [0.05, 0.1) is 12.8 Å². The first-order valence-electron chi connectivity index (χ1n) is 5.76. The van der Waals surface area contributed by atoms with Crippen molar-refractivity contribution in [2.24, 2.45) is 0 Å². The van der Waals surface area contributed by atoms with E-state index in [4.69, 9.17) is 10.5 Å². The third kappa shape index (κ3) is 2.12. The van der Waals surface area contributed by atoms with Crippen LogP contribution in [0.4, 0.5) is 10.2 Å². The summed E-state index contributed by atoms with van der Waals surface area (Å²) in [6.45, 7) is 0. The fourth-order valence-corrected chi connectivity index (χ4v) is 3.06. The predicted molar refractivity (Wildman–Crippen MR) is 73.4 cm³/mol. The van der Waals surface area contributed by atoms with Crippen LogP contribution in [0.3, 0.4) is 0 Å². The van der Waals surface area contributed by atoms with E-state index in [1.165, 1.54) is 13.2 Å². The highest BCUT2D eigenvalue weighted by molar-refractivity contribution is 7.98. The molecule has 2 heterocycles. The summed E-state index contributed by atoms with van der Waals surface area (Å²) in [6.07, 6.45) is 0. The van der Waals surface area contributed by atoms with E-state index in [2.05, 4.69) is 9.97 Å². The van der Waals surface area contributed by atoms with Gasteiger partial charge in [0.25, 0.3) is 0 Å². The minimum absolute atomic E-state index is 0.176. The van der Waals surface area contributed by atoms with Gasteiger partial charge in [-0.25, -0.2) is 14.4 Å². The van der Waals surface area contributed by atoms with Crippen LogP contribution in [0, 0.1) is 5.82 Å². The average Bonchev–Trinajstić information content (AvgIpc) is 2.88. The maximum Gasteiger partial charge on any atom is 0.165 e. The van der Waals surface area contributed by atoms with E-state index in [0.717, 1.165) is 22.8 Å². The van der Waals surface area contributed by atoms with Crippen LogP contribution >= 0.6 is 11.8 Å². The molecule has 2 N–H and O–H groups in total. The molecule has 4 nitrogen and oxygen atoms in total. The molecule has 0 saturated heterocycles. The third-order valence-corrected chi connectivity index (χ3v) is 3.99. The number of fused-ring (bicyclic) bond motifs is 1. The smallest absolute Gasteiger partial charge is 0.165 e. The zero-order valence-electron chi connectivity index (χ0n) is 10.3. The van der Waals surface area contributed by atoms with Crippen LogP contribution in [-0.4, -0.2) is 17.1 Å². The molecule has 0 radical (unpaired) electrons. The number of nitrogen functional groups attached to an aromatic ring is 1. The number of nitrogens with two attached hydrogens (primary N) is 1. The average molecular weight is 277 g/mol. The topological polar surface area (TPSA) is 61.0 Å². The van der Waals surface area contributed by atoms with Gasteiger partial charge in [-0.05, 0) is 18.2 Å². The number of halogens is 1. The van der Waals surface area contributed by atoms with Gasteiger partial charge in [-0.3, -0.25) is 0 Å². The Morgan fingerprint density at radius 2 is 2.16 bits per heavy atom. The van der Waals surface area contributed by atoms with Crippen LogP contribution in [0.2, 0.25) is 0 Å². The summed E-state index contributed by atoms with van der Waals surface area (Å²) in [5, 5.41) is 0. The number of benzene rings is 1. The van der Waals surface area contributed by atoms with Crippen LogP contribution < -0.4 is 10.5 Å². The Morgan fingerprint density at radius 1 is 1.32 bits per heavy atom. The van der Waals surface area contributed by atoms with E-state index in [9.17, 15) is 4.39 Å². The highest BCUT2D eigenvalue weighted by atomic mass is 32.2. The Morgan fingerprint density at radius 3 is 2.95 bits per heavy atom. The highest BCUT2D eigenvalue weighted by Crippen LogP contribution is 2.33. The van der Waals surface area contributed by atoms with E-state index >= 15 is 0 Å². The SMILES string of the molecule is COc1cc(-c2nc(N)c3c(n2)CSC3)ccc1F. The predicted octanol–water partition coefficient (Wildman–Crippen LogP) is 2.62. The van der Waals surface area contributed by atoms with Gasteiger partial charge in [0.1, 0.15) is 5.82 Å². The molecule has 0 bridgehead atoms. The standard InChI is InChI=1S/C13H12FN3OS/c1-18-11-4-7(2-3-9(11)14)13-16-10-6-19-5-8(10)12(15)17-13/h2-4H,5-6H2,1H3,(H2,15,16,17). The molecule has 0 aliphatic carbocycles. The van der Waals surface area contributed by atoms with E-state index in [-0.39, 0.29) is 5.75 Å². The Labute approximate surface area is 114 Å². The van der Waals surface area contributed by atoms with Gasteiger partial charge >= 0.3 is 0 Å². The van der Waals surface area contributed by atoms with Crippen LogP contribution in [0.15, 0.2) is 18.2 Å². The van der Waals surface area contributed by atoms with Crippen LogP contribution in [-0.2, 0) is 11.5 Å². The quantitative estimate of drug-likeness (QED) is 0.914. The lowest BCUT2D eigenvalue weighted by molar-refractivity contribution is 0.387. The molecule has 2 aromatic rings. The van der Waals surface area contributed by atoms with Crippen LogP contribution in [0.25, 0.3) is 11.4 Å². The summed E-state index contributed by atoms with van der Waals surface area (Å²) in [7, 11) is 1.43.